The van der Waals surface area contributed by atoms with Gasteiger partial charge in [0.15, 0.2) is 11.6 Å². The van der Waals surface area contributed by atoms with Gasteiger partial charge >= 0.3 is 0 Å². The van der Waals surface area contributed by atoms with Crippen molar-refractivity contribution in [2.24, 2.45) is 17.6 Å². The molecule has 32 heavy (non-hydrogen) atoms. The molecule has 4 N–H and O–H groups in total. The molecule has 2 atom stereocenters. The maximum absolute atomic E-state index is 14.8. The number of H-pyrrole nitrogens is 1. The molecule has 2 unspecified atom stereocenters. The second-order valence-corrected chi connectivity index (χ2v) is 7.84. The highest BCUT2D eigenvalue weighted by Gasteiger charge is 2.37. The van der Waals surface area contributed by atoms with Gasteiger partial charge in [0.2, 0.25) is 5.91 Å². The molecular weight excluding hydrogens is 417 g/mol. The molecule has 0 saturated heterocycles. The smallest absolute Gasteiger partial charge is 0.256 e. The number of nitrogens with zero attached hydrogens (tertiary/aromatic N) is 2. The topological polar surface area (TPSA) is 144 Å². The average Bonchev–Trinajstić information content (AvgIpc) is 3.43. The summed E-state index contributed by atoms with van der Waals surface area (Å²) >= 11 is 0. The summed E-state index contributed by atoms with van der Waals surface area (Å²) in [7, 11) is 0. The number of primary amides is 1. The molecule has 0 aliphatic heterocycles. The summed E-state index contributed by atoms with van der Waals surface area (Å²) in [4.78, 5) is 37.8. The lowest BCUT2D eigenvalue weighted by atomic mass is 9.74. The molecule has 166 valence electrons. The molecule has 10 heteroatoms. The summed E-state index contributed by atoms with van der Waals surface area (Å²) in [5.41, 5.74) is 6.45. The third-order valence-corrected chi connectivity index (χ3v) is 5.84. The van der Waals surface area contributed by atoms with E-state index >= 15 is 0 Å². The molecule has 1 aliphatic carbocycles. The number of aryl methyl sites for hydroxylation is 1. The number of rotatable bonds is 6. The first-order valence-electron chi connectivity index (χ1n) is 10.3. The van der Waals surface area contributed by atoms with Crippen molar-refractivity contribution in [3.05, 3.63) is 53.2 Å². The van der Waals surface area contributed by atoms with Crippen LogP contribution in [0.25, 0.3) is 11.3 Å². The fourth-order valence-electron chi connectivity index (χ4n) is 4.21. The van der Waals surface area contributed by atoms with Gasteiger partial charge in [0.25, 0.3) is 5.91 Å². The van der Waals surface area contributed by atoms with E-state index in [1.54, 1.807) is 18.3 Å². The van der Waals surface area contributed by atoms with Crippen LogP contribution < -0.4 is 11.1 Å². The largest absolute Gasteiger partial charge is 0.365 e. The maximum atomic E-state index is 14.8. The van der Waals surface area contributed by atoms with Gasteiger partial charge in [-0.3, -0.25) is 19.5 Å². The summed E-state index contributed by atoms with van der Waals surface area (Å²) in [6.45, 7) is 1.51. The standard InChI is InChI=1S/C22H22FN5O4/c1-11-18(20(24)30)21(28-32-11)26-22(31)14-5-3-2-4-13(14)19(29)15-7-6-12(10-16(15)23)17-8-9-25-27-17/h6-10,13-14H,2-5H2,1H3,(H2,24,30)(H,25,27)(H,26,28,31). The highest BCUT2D eigenvalue weighted by atomic mass is 19.1. The first kappa shape index (κ1) is 21.4. The van der Waals surface area contributed by atoms with Crippen LogP contribution in [0.3, 0.4) is 0 Å². The minimum absolute atomic E-state index is 0.0162. The first-order chi connectivity index (χ1) is 15.4. The number of carbonyl (C=O) groups excluding carboxylic acids is 3. The van der Waals surface area contributed by atoms with E-state index in [-0.39, 0.29) is 22.7 Å². The second kappa shape index (κ2) is 8.74. The molecule has 2 heterocycles. The van der Waals surface area contributed by atoms with Crippen molar-refractivity contribution in [1.29, 1.82) is 0 Å². The van der Waals surface area contributed by atoms with Gasteiger partial charge in [0.05, 0.1) is 11.3 Å². The van der Waals surface area contributed by atoms with Crippen LogP contribution in [0.2, 0.25) is 0 Å². The Balaban J connectivity index is 1.56. The molecule has 1 fully saturated rings. The molecule has 3 aromatic rings. The average molecular weight is 439 g/mol. The lowest BCUT2D eigenvalue weighted by Gasteiger charge is -2.29. The number of nitrogens with two attached hydrogens (primary N) is 1. The highest BCUT2D eigenvalue weighted by molar-refractivity contribution is 6.06. The number of amides is 2. The summed E-state index contributed by atoms with van der Waals surface area (Å²) in [6, 6.07) is 6.04. The number of hydrogen-bond donors (Lipinski definition) is 3. The van der Waals surface area contributed by atoms with Gasteiger partial charge in [-0.25, -0.2) is 4.39 Å². The van der Waals surface area contributed by atoms with Gasteiger partial charge in [-0.15, -0.1) is 0 Å². The number of aromatic amines is 1. The zero-order valence-electron chi connectivity index (χ0n) is 17.4. The number of halogens is 1. The predicted octanol–water partition coefficient (Wildman–Crippen LogP) is 3.24. The summed E-state index contributed by atoms with van der Waals surface area (Å²) in [5.74, 6) is -3.62. The Hall–Kier alpha value is -3.82. The van der Waals surface area contributed by atoms with Gasteiger partial charge in [0.1, 0.15) is 17.1 Å². The van der Waals surface area contributed by atoms with Crippen LogP contribution in [0, 0.1) is 24.6 Å². The predicted molar refractivity (Wildman–Crippen MR) is 112 cm³/mol. The van der Waals surface area contributed by atoms with Crippen molar-refractivity contribution in [2.45, 2.75) is 32.6 Å². The Labute approximate surface area is 182 Å². The van der Waals surface area contributed by atoms with Gasteiger partial charge in [-0.05, 0) is 38.0 Å². The van der Waals surface area contributed by atoms with Crippen LogP contribution in [0.5, 0.6) is 0 Å². The maximum Gasteiger partial charge on any atom is 0.256 e. The van der Waals surface area contributed by atoms with Crippen molar-refractivity contribution in [3.63, 3.8) is 0 Å². The zero-order chi connectivity index (χ0) is 22.8. The molecule has 2 aromatic heterocycles. The van der Waals surface area contributed by atoms with Crippen LogP contribution in [-0.2, 0) is 4.79 Å². The number of anilines is 1. The SMILES string of the molecule is Cc1onc(NC(=O)C2CCCCC2C(=O)c2ccc(-c3ccn[nH]3)cc2F)c1C(N)=O. The number of ketones is 1. The lowest BCUT2D eigenvalue weighted by molar-refractivity contribution is -0.122. The van der Waals surface area contributed by atoms with Crippen molar-refractivity contribution in [1.82, 2.24) is 15.4 Å². The number of benzene rings is 1. The zero-order valence-corrected chi connectivity index (χ0v) is 17.4. The number of aromatic nitrogens is 3. The molecule has 1 aliphatic rings. The molecular formula is C22H22FN5O4. The number of hydrogen-bond acceptors (Lipinski definition) is 6. The van der Waals surface area contributed by atoms with Crippen molar-refractivity contribution < 1.29 is 23.3 Å². The first-order valence-corrected chi connectivity index (χ1v) is 10.3. The molecule has 4 rings (SSSR count). The Morgan fingerprint density at radius 1 is 1.19 bits per heavy atom. The quantitative estimate of drug-likeness (QED) is 0.503. The monoisotopic (exact) mass is 439 g/mol. The Morgan fingerprint density at radius 3 is 2.59 bits per heavy atom. The third kappa shape index (κ3) is 4.03. The van der Waals surface area contributed by atoms with Crippen LogP contribution in [0.4, 0.5) is 10.2 Å². The Bertz CT molecular complexity index is 1170. The number of nitrogens with one attached hydrogen (secondary N) is 2. The minimum Gasteiger partial charge on any atom is -0.365 e. The van der Waals surface area contributed by atoms with E-state index in [9.17, 15) is 18.8 Å². The van der Waals surface area contributed by atoms with Crippen LogP contribution >= 0.6 is 0 Å². The van der Waals surface area contributed by atoms with Gasteiger partial charge in [-0.1, -0.05) is 24.1 Å². The van der Waals surface area contributed by atoms with Gasteiger partial charge < -0.3 is 15.6 Å². The molecule has 0 radical (unpaired) electrons. The van der Waals surface area contributed by atoms with E-state index in [2.05, 4.69) is 20.7 Å². The molecule has 9 nitrogen and oxygen atoms in total. The van der Waals surface area contributed by atoms with Crippen molar-refractivity contribution in [2.75, 3.05) is 5.32 Å². The van der Waals surface area contributed by atoms with Gasteiger partial charge in [-0.2, -0.15) is 5.10 Å². The van der Waals surface area contributed by atoms with E-state index in [1.165, 1.54) is 19.1 Å². The van der Waals surface area contributed by atoms with E-state index < -0.39 is 35.3 Å². The Kier molecular flexibility index (Phi) is 5.85. The van der Waals surface area contributed by atoms with E-state index in [1.807, 2.05) is 0 Å². The molecule has 0 bridgehead atoms. The molecule has 2 amide bonds. The van der Waals surface area contributed by atoms with Crippen LogP contribution in [-0.4, -0.2) is 33.0 Å². The van der Waals surface area contributed by atoms with Gasteiger partial charge in [0, 0.05) is 23.6 Å². The van der Waals surface area contributed by atoms with Crippen molar-refractivity contribution in [3.8, 4) is 11.3 Å². The fourth-order valence-corrected chi connectivity index (χ4v) is 4.21. The van der Waals surface area contributed by atoms with E-state index in [4.69, 9.17) is 10.3 Å². The number of Topliss-reactive ketones (excluding diaryl/α,β-unsaturated/α-hetero) is 1. The summed E-state index contributed by atoms with van der Waals surface area (Å²) < 4.78 is 19.8. The van der Waals surface area contributed by atoms with E-state index in [0.717, 1.165) is 12.8 Å². The molecule has 1 saturated carbocycles. The summed E-state index contributed by atoms with van der Waals surface area (Å²) in [6.07, 6.45) is 3.98. The lowest BCUT2D eigenvalue weighted by Crippen LogP contribution is -2.37. The Morgan fingerprint density at radius 2 is 1.94 bits per heavy atom. The minimum atomic E-state index is -0.783. The highest BCUT2D eigenvalue weighted by Crippen LogP contribution is 2.35. The van der Waals surface area contributed by atoms with Crippen LogP contribution in [0.15, 0.2) is 35.0 Å². The molecule has 1 aromatic carbocycles. The normalized spacial score (nSPS) is 18.3. The van der Waals surface area contributed by atoms with E-state index in [0.29, 0.717) is 24.1 Å². The summed E-state index contributed by atoms with van der Waals surface area (Å²) in [5, 5.41) is 12.8. The van der Waals surface area contributed by atoms with Crippen molar-refractivity contribution >= 4 is 23.4 Å². The molecule has 0 spiro atoms. The number of carbonyl (C=O) groups is 3. The van der Waals surface area contributed by atoms with Crippen LogP contribution in [0.1, 0.15) is 52.2 Å². The second-order valence-electron chi connectivity index (χ2n) is 7.84. The third-order valence-electron chi connectivity index (χ3n) is 5.84. The fraction of sp³-hybridized carbons (Fsp3) is 0.318.